The van der Waals surface area contributed by atoms with Gasteiger partial charge >= 0.3 is 12.2 Å². The van der Waals surface area contributed by atoms with E-state index in [4.69, 9.17) is 14.2 Å². The van der Waals surface area contributed by atoms with E-state index < -0.39 is 18.4 Å². The van der Waals surface area contributed by atoms with Gasteiger partial charge in [-0.05, 0) is 37.8 Å². The van der Waals surface area contributed by atoms with E-state index in [9.17, 15) is 14.7 Å². The van der Waals surface area contributed by atoms with Crippen molar-refractivity contribution in [3.05, 3.63) is 100 Å². The number of nitrogens with zero attached hydrogens (tertiary/aromatic N) is 3. The number of amides is 2. The van der Waals surface area contributed by atoms with Crippen LogP contribution in [0, 0.1) is 0 Å². The van der Waals surface area contributed by atoms with Gasteiger partial charge in [-0.3, -0.25) is 10.4 Å². The third-order valence-corrected chi connectivity index (χ3v) is 7.37. The van der Waals surface area contributed by atoms with Crippen LogP contribution in [0.2, 0.25) is 0 Å². The first-order chi connectivity index (χ1) is 20.4. The van der Waals surface area contributed by atoms with E-state index in [0.29, 0.717) is 25.1 Å². The highest BCUT2D eigenvalue weighted by Gasteiger charge is 2.24. The Kier molecular flexibility index (Phi) is 11.6. The second-order valence-electron chi connectivity index (χ2n) is 9.93. The number of carbonyl (C=O) groups is 2. The highest BCUT2D eigenvalue weighted by molar-refractivity contribution is 7.09. The predicted molar refractivity (Wildman–Crippen MR) is 157 cm³/mol. The molecule has 224 valence electrons. The molecule has 4 rings (SSSR count). The topological polar surface area (TPSA) is 125 Å². The van der Waals surface area contributed by atoms with Crippen LogP contribution in [-0.2, 0) is 20.8 Å². The van der Waals surface area contributed by atoms with Crippen LogP contribution >= 0.6 is 11.3 Å². The van der Waals surface area contributed by atoms with E-state index in [1.165, 1.54) is 16.3 Å². The van der Waals surface area contributed by atoms with E-state index >= 15 is 0 Å². The van der Waals surface area contributed by atoms with Gasteiger partial charge < -0.3 is 29.5 Å². The third kappa shape index (κ3) is 9.20. The number of aromatic nitrogens is 1. The second-order valence-corrected chi connectivity index (χ2v) is 10.9. The zero-order chi connectivity index (χ0) is 29.7. The first kappa shape index (κ1) is 30.8. The molecule has 0 saturated carbocycles. The van der Waals surface area contributed by atoms with Crippen LogP contribution in [0.5, 0.6) is 0 Å². The van der Waals surface area contributed by atoms with Crippen LogP contribution in [0.25, 0.3) is 0 Å². The molecule has 0 fully saturated rings. The molecule has 0 aliphatic carbocycles. The highest BCUT2D eigenvalue weighted by Crippen LogP contribution is 2.22. The van der Waals surface area contributed by atoms with Crippen molar-refractivity contribution < 1.29 is 28.9 Å². The van der Waals surface area contributed by atoms with Crippen LogP contribution in [0.4, 0.5) is 9.59 Å². The maximum Gasteiger partial charge on any atom is 0.422 e. The first-order valence-corrected chi connectivity index (χ1v) is 14.6. The largest absolute Gasteiger partial charge is 0.479 e. The molecule has 0 spiro atoms. The van der Waals surface area contributed by atoms with Crippen molar-refractivity contribution in [1.82, 2.24) is 25.6 Å². The van der Waals surface area contributed by atoms with Crippen LogP contribution in [0.3, 0.4) is 0 Å². The lowest BCUT2D eigenvalue weighted by Crippen LogP contribution is -2.46. The number of alkyl carbamates (subject to hydrolysis) is 1. The number of rotatable bonds is 14. The summed E-state index contributed by atoms with van der Waals surface area (Å²) in [5.74, 6) is 0. The number of nitrogens with one attached hydrogen (secondary N) is 2. The molecule has 0 bridgehead atoms. The maximum atomic E-state index is 12.8. The number of aliphatic hydroxyl groups excluding tert-OH is 1. The lowest BCUT2D eigenvalue weighted by molar-refractivity contribution is -0.0346. The number of aliphatic hydroxyl groups is 1. The number of hydrazine groups is 1. The molecule has 0 saturated heterocycles. The second kappa shape index (κ2) is 15.8. The Bertz CT molecular complexity index is 1280. The van der Waals surface area contributed by atoms with Gasteiger partial charge in [0.25, 0.3) is 0 Å². The van der Waals surface area contributed by atoms with Gasteiger partial charge in [0.05, 0.1) is 22.1 Å². The maximum absolute atomic E-state index is 12.8. The molecule has 1 aromatic heterocycles. The van der Waals surface area contributed by atoms with Gasteiger partial charge in [0.15, 0.2) is 6.73 Å². The van der Waals surface area contributed by atoms with Crippen molar-refractivity contribution in [2.75, 3.05) is 19.9 Å². The normalized spacial score (nSPS) is 14.2. The SMILES string of the molecule is CC(C)N1COC=C1COC(=O)NN(CCCC(NC(=O)OCc1cncs1)c1ccccc1)C(O)c1ccccc1. The molecule has 2 atom stereocenters. The molecule has 2 unspecified atom stereocenters. The number of benzene rings is 2. The van der Waals surface area contributed by atoms with Crippen molar-refractivity contribution in [2.45, 2.75) is 51.6 Å². The molecule has 42 heavy (non-hydrogen) atoms. The summed E-state index contributed by atoms with van der Waals surface area (Å²) >= 11 is 1.41. The van der Waals surface area contributed by atoms with Gasteiger partial charge in [0, 0.05) is 18.8 Å². The van der Waals surface area contributed by atoms with Crippen molar-refractivity contribution >= 4 is 23.5 Å². The Hall–Kier alpha value is -4.13. The van der Waals surface area contributed by atoms with E-state index in [1.54, 1.807) is 30.1 Å². The Morgan fingerprint density at radius 1 is 1.05 bits per heavy atom. The predicted octanol–water partition coefficient (Wildman–Crippen LogP) is 5.06. The Balaban J connectivity index is 1.37. The smallest absolute Gasteiger partial charge is 0.422 e. The van der Waals surface area contributed by atoms with Gasteiger partial charge in [-0.1, -0.05) is 60.7 Å². The molecule has 1 aliphatic heterocycles. The molecule has 11 nitrogen and oxygen atoms in total. The van der Waals surface area contributed by atoms with Crippen molar-refractivity contribution in [3.8, 4) is 0 Å². The zero-order valence-electron chi connectivity index (χ0n) is 23.7. The number of hydrogen-bond acceptors (Lipinski definition) is 10. The standard InChI is InChI=1S/C30H37N5O6S/c1-22(2)34-21-39-17-25(34)18-40-30(38)33-35(28(36)24-12-7-4-8-13-24)15-9-14-27(23-10-5-3-6-11-23)32-29(37)41-19-26-16-31-20-42-26/h3-8,10-13,16-17,20,22,27-28,36H,9,14-15,18-19,21H2,1-2H3,(H,32,37)(H,33,38). The fourth-order valence-electron chi connectivity index (χ4n) is 4.40. The molecule has 0 radical (unpaired) electrons. The first-order valence-electron chi connectivity index (χ1n) is 13.8. The van der Waals surface area contributed by atoms with Gasteiger partial charge in [0.2, 0.25) is 0 Å². The lowest BCUT2D eigenvalue weighted by atomic mass is 10.0. The van der Waals surface area contributed by atoms with Crippen LogP contribution in [0.1, 0.15) is 55.0 Å². The minimum Gasteiger partial charge on any atom is -0.479 e. The quantitative estimate of drug-likeness (QED) is 0.173. The van der Waals surface area contributed by atoms with E-state index in [1.807, 2.05) is 67.3 Å². The molecule has 2 amide bonds. The summed E-state index contributed by atoms with van der Waals surface area (Å²) in [7, 11) is 0. The van der Waals surface area contributed by atoms with Crippen LogP contribution < -0.4 is 10.7 Å². The van der Waals surface area contributed by atoms with Crippen molar-refractivity contribution in [3.63, 3.8) is 0 Å². The monoisotopic (exact) mass is 595 g/mol. The lowest BCUT2D eigenvalue weighted by Gasteiger charge is -2.29. The van der Waals surface area contributed by atoms with Gasteiger partial charge in [0.1, 0.15) is 25.7 Å². The minimum atomic E-state index is -1.12. The third-order valence-electron chi connectivity index (χ3n) is 6.62. The summed E-state index contributed by atoms with van der Waals surface area (Å²) in [6.45, 7) is 4.91. The number of ether oxygens (including phenoxy) is 3. The summed E-state index contributed by atoms with van der Waals surface area (Å²) in [6, 6.07) is 18.5. The van der Waals surface area contributed by atoms with Gasteiger partial charge in [-0.15, -0.1) is 11.3 Å². The zero-order valence-corrected chi connectivity index (χ0v) is 24.5. The molecule has 12 heteroatoms. The molecule has 3 aromatic rings. The summed E-state index contributed by atoms with van der Waals surface area (Å²) in [6.07, 6.45) is 1.92. The summed E-state index contributed by atoms with van der Waals surface area (Å²) in [4.78, 5) is 32.3. The van der Waals surface area contributed by atoms with Gasteiger partial charge in [-0.25, -0.2) is 9.59 Å². The molecule has 1 aliphatic rings. The van der Waals surface area contributed by atoms with Crippen LogP contribution in [-0.4, -0.2) is 58.1 Å². The summed E-state index contributed by atoms with van der Waals surface area (Å²) in [5.41, 5.74) is 6.66. The van der Waals surface area contributed by atoms with Crippen molar-refractivity contribution in [2.24, 2.45) is 0 Å². The minimum absolute atomic E-state index is 0.0307. The molecular formula is C30H37N5O6S. The highest BCUT2D eigenvalue weighted by atomic mass is 32.1. The molecule has 2 aromatic carbocycles. The average Bonchev–Trinajstić information content (AvgIpc) is 3.71. The number of carbonyl (C=O) groups excluding carboxylic acids is 2. The Labute approximate surface area is 249 Å². The Morgan fingerprint density at radius 3 is 2.40 bits per heavy atom. The van der Waals surface area contributed by atoms with E-state index in [0.717, 1.165) is 16.1 Å². The summed E-state index contributed by atoms with van der Waals surface area (Å²) < 4.78 is 16.2. The molecule has 2 heterocycles. The fourth-order valence-corrected chi connectivity index (χ4v) is 4.91. The van der Waals surface area contributed by atoms with Gasteiger partial charge in [-0.2, -0.15) is 5.01 Å². The Morgan fingerprint density at radius 2 is 1.74 bits per heavy atom. The summed E-state index contributed by atoms with van der Waals surface area (Å²) in [5, 5.41) is 15.5. The molecular weight excluding hydrogens is 558 g/mol. The van der Waals surface area contributed by atoms with E-state index in [-0.39, 0.29) is 31.8 Å². The van der Waals surface area contributed by atoms with Crippen molar-refractivity contribution in [1.29, 1.82) is 0 Å². The average molecular weight is 596 g/mol. The number of hydrogen-bond donors (Lipinski definition) is 3. The van der Waals surface area contributed by atoms with Crippen LogP contribution in [0.15, 0.2) is 84.3 Å². The van der Waals surface area contributed by atoms with E-state index in [2.05, 4.69) is 15.7 Å². The fraction of sp³-hybridized carbons (Fsp3) is 0.367. The molecule has 3 N–H and O–H groups in total. The number of thiazole rings is 1.